The van der Waals surface area contributed by atoms with Crippen molar-refractivity contribution in [2.45, 2.75) is 53.1 Å². The Morgan fingerprint density at radius 3 is 2.52 bits per heavy atom. The molecule has 1 aliphatic carbocycles. The van der Waals surface area contributed by atoms with E-state index in [1.54, 1.807) is 12.1 Å². The zero-order chi connectivity index (χ0) is 28.8. The predicted octanol–water partition coefficient (Wildman–Crippen LogP) is 8.13. The van der Waals surface area contributed by atoms with E-state index in [4.69, 9.17) is 33.7 Å². The lowest BCUT2D eigenvalue weighted by atomic mass is 9.68. The second kappa shape index (κ2) is 10.7. The third-order valence-corrected chi connectivity index (χ3v) is 8.23. The number of hydrogen-bond donors (Lipinski definition) is 1. The van der Waals surface area contributed by atoms with Gasteiger partial charge in [-0.2, -0.15) is 5.26 Å². The van der Waals surface area contributed by atoms with Crippen LogP contribution in [-0.2, 0) is 11.4 Å². The van der Waals surface area contributed by atoms with Crippen LogP contribution in [0.15, 0.2) is 83.3 Å². The summed E-state index contributed by atoms with van der Waals surface area (Å²) in [6, 6.07) is 21.2. The number of nitriles is 1. The molecule has 204 valence electrons. The molecule has 0 fully saturated rings. The van der Waals surface area contributed by atoms with Crippen molar-refractivity contribution < 1.29 is 9.53 Å². The van der Waals surface area contributed by atoms with Crippen molar-refractivity contribution in [3.05, 3.63) is 116 Å². The first-order valence-electron chi connectivity index (χ1n) is 13.2. The number of nitrogens with zero attached hydrogens (tertiary/aromatic N) is 2. The lowest BCUT2D eigenvalue weighted by molar-refractivity contribution is -0.118. The highest BCUT2D eigenvalue weighted by Crippen LogP contribution is 2.51. The van der Waals surface area contributed by atoms with E-state index in [-0.39, 0.29) is 11.2 Å². The Morgan fingerprint density at radius 2 is 1.82 bits per heavy atom. The maximum absolute atomic E-state index is 13.9. The molecule has 0 bridgehead atoms. The highest BCUT2D eigenvalue weighted by Gasteiger charge is 2.45. The van der Waals surface area contributed by atoms with E-state index < -0.39 is 5.92 Å². The van der Waals surface area contributed by atoms with E-state index in [1.807, 2.05) is 55.1 Å². The Balaban J connectivity index is 1.68. The molecular weight excluding hydrogens is 541 g/mol. The van der Waals surface area contributed by atoms with Crippen LogP contribution in [0, 0.1) is 30.6 Å². The van der Waals surface area contributed by atoms with Gasteiger partial charge < -0.3 is 10.5 Å². The van der Waals surface area contributed by atoms with Crippen molar-refractivity contribution in [1.29, 1.82) is 5.26 Å². The van der Waals surface area contributed by atoms with Gasteiger partial charge in [0.15, 0.2) is 5.78 Å². The summed E-state index contributed by atoms with van der Waals surface area (Å²) in [7, 11) is 0. The Hall–Kier alpha value is -3.72. The van der Waals surface area contributed by atoms with Gasteiger partial charge in [-0.05, 0) is 72.7 Å². The van der Waals surface area contributed by atoms with E-state index in [2.05, 4.69) is 32.0 Å². The second-order valence-corrected chi connectivity index (χ2v) is 12.2. The smallest absolute Gasteiger partial charge is 0.162 e. The summed E-state index contributed by atoms with van der Waals surface area (Å²) >= 11 is 12.7. The zero-order valence-corrected chi connectivity index (χ0v) is 24.5. The molecule has 1 heterocycles. The number of ether oxygens (including phenoxy) is 1. The van der Waals surface area contributed by atoms with Crippen LogP contribution in [-0.4, -0.2) is 5.78 Å². The lowest BCUT2D eigenvalue weighted by Gasteiger charge is -2.44. The van der Waals surface area contributed by atoms with Gasteiger partial charge in [0.1, 0.15) is 18.2 Å². The number of halogens is 2. The number of ketones is 1. The number of rotatable bonds is 5. The molecule has 2 aliphatic rings. The van der Waals surface area contributed by atoms with Crippen LogP contribution in [0.3, 0.4) is 0 Å². The lowest BCUT2D eigenvalue weighted by Crippen LogP contribution is -2.42. The fourth-order valence-electron chi connectivity index (χ4n) is 5.86. The Morgan fingerprint density at radius 1 is 1.07 bits per heavy atom. The molecule has 7 heteroatoms. The van der Waals surface area contributed by atoms with E-state index in [0.29, 0.717) is 52.2 Å². The van der Waals surface area contributed by atoms with E-state index in [0.717, 1.165) is 33.6 Å². The van der Waals surface area contributed by atoms with Gasteiger partial charge >= 0.3 is 0 Å². The van der Waals surface area contributed by atoms with Crippen molar-refractivity contribution in [1.82, 2.24) is 0 Å². The minimum atomic E-state index is -0.585. The summed E-state index contributed by atoms with van der Waals surface area (Å²) in [4.78, 5) is 15.8. The number of benzene rings is 3. The molecule has 0 radical (unpaired) electrons. The summed E-state index contributed by atoms with van der Waals surface area (Å²) in [6.07, 6.45) is 1.02. The monoisotopic (exact) mass is 571 g/mol. The third kappa shape index (κ3) is 5.10. The summed E-state index contributed by atoms with van der Waals surface area (Å²) in [5, 5.41) is 11.6. The first-order chi connectivity index (χ1) is 19.0. The maximum atomic E-state index is 13.9. The largest absolute Gasteiger partial charge is 0.487 e. The second-order valence-electron chi connectivity index (χ2n) is 11.3. The number of Topliss-reactive ketones (excluding diaryl/α,β-unsaturated/α-hetero) is 1. The van der Waals surface area contributed by atoms with Crippen molar-refractivity contribution in [2.75, 3.05) is 4.90 Å². The average Bonchev–Trinajstić information content (AvgIpc) is 2.88. The molecular formula is C33H31Cl2N3O2. The highest BCUT2D eigenvalue weighted by atomic mass is 35.5. The van der Waals surface area contributed by atoms with Crippen molar-refractivity contribution in [3.8, 4) is 11.8 Å². The van der Waals surface area contributed by atoms with Crippen molar-refractivity contribution in [2.24, 2.45) is 11.1 Å². The molecule has 40 heavy (non-hydrogen) atoms. The molecule has 0 spiro atoms. The van der Waals surface area contributed by atoms with Crippen LogP contribution in [0.25, 0.3) is 0 Å². The molecule has 2 N–H and O–H groups in total. The molecule has 5 nitrogen and oxygen atoms in total. The first-order valence-corrected chi connectivity index (χ1v) is 14.0. The van der Waals surface area contributed by atoms with Gasteiger partial charge in [0, 0.05) is 28.4 Å². The molecule has 0 saturated carbocycles. The molecule has 5 rings (SSSR count). The van der Waals surface area contributed by atoms with Crippen LogP contribution in [0.1, 0.15) is 54.9 Å². The van der Waals surface area contributed by atoms with Crippen LogP contribution in [0.5, 0.6) is 5.75 Å². The average molecular weight is 573 g/mol. The number of aryl methyl sites for hydroxylation is 1. The minimum Gasteiger partial charge on any atom is -0.487 e. The summed E-state index contributed by atoms with van der Waals surface area (Å²) in [6.45, 7) is 8.47. The summed E-state index contributed by atoms with van der Waals surface area (Å²) in [5.74, 6) is 0.350. The fourth-order valence-corrected chi connectivity index (χ4v) is 6.24. The molecule has 1 atom stereocenters. The first kappa shape index (κ1) is 27.8. The molecule has 3 aromatic carbocycles. The van der Waals surface area contributed by atoms with Gasteiger partial charge in [0.2, 0.25) is 0 Å². The third-order valence-electron chi connectivity index (χ3n) is 7.68. The quantitative estimate of drug-likeness (QED) is 0.334. The fraction of sp³-hybridized carbons (Fsp3) is 0.273. The molecule has 1 aliphatic heterocycles. The topological polar surface area (TPSA) is 79.3 Å². The summed E-state index contributed by atoms with van der Waals surface area (Å²) < 4.78 is 6.08. The Labute approximate surface area is 245 Å². The van der Waals surface area contributed by atoms with Gasteiger partial charge in [-0.1, -0.05) is 72.9 Å². The van der Waals surface area contributed by atoms with Crippen LogP contribution in [0.4, 0.5) is 5.69 Å². The number of nitrogens with two attached hydrogens (primary N) is 1. The number of para-hydroxylation sites is 1. The molecule has 1 unspecified atom stereocenters. The Bertz CT molecular complexity index is 1630. The number of anilines is 1. The number of carbonyl (C=O) groups is 1. The van der Waals surface area contributed by atoms with Gasteiger partial charge in [-0.25, -0.2) is 0 Å². The number of carbonyl (C=O) groups excluding carboxylic acids is 1. The van der Waals surface area contributed by atoms with E-state index in [9.17, 15) is 10.1 Å². The zero-order valence-electron chi connectivity index (χ0n) is 23.0. The van der Waals surface area contributed by atoms with Gasteiger partial charge in [-0.3, -0.25) is 9.69 Å². The standard InChI is InChI=1S/C33H31Cl2N3O2/c1-19-12-21(18-40-29-11-6-5-10-26(29)35)20(2)24(13-19)30-25(17-36)32(37)38(23-9-7-8-22(34)14-23)27-15-33(3,4)16-28(39)31(27)30/h5-14,30H,15-16,18,37H2,1-4H3. The minimum absolute atomic E-state index is 0.0262. The van der Waals surface area contributed by atoms with Crippen LogP contribution >= 0.6 is 23.2 Å². The Kier molecular flexibility index (Phi) is 7.44. The van der Waals surface area contributed by atoms with Crippen molar-refractivity contribution >= 4 is 34.7 Å². The molecule has 0 amide bonds. The summed E-state index contributed by atoms with van der Waals surface area (Å²) in [5.41, 5.74) is 12.8. The van der Waals surface area contributed by atoms with Gasteiger partial charge in [0.05, 0.1) is 22.6 Å². The molecule has 0 aromatic heterocycles. The van der Waals surface area contributed by atoms with E-state index >= 15 is 0 Å². The molecule has 0 saturated heterocycles. The van der Waals surface area contributed by atoms with Gasteiger partial charge in [-0.15, -0.1) is 0 Å². The van der Waals surface area contributed by atoms with E-state index in [1.165, 1.54) is 0 Å². The maximum Gasteiger partial charge on any atom is 0.162 e. The normalized spacial score (nSPS) is 18.5. The van der Waals surface area contributed by atoms with Crippen molar-refractivity contribution in [3.63, 3.8) is 0 Å². The highest BCUT2D eigenvalue weighted by molar-refractivity contribution is 6.32. The van der Waals surface area contributed by atoms with Crippen LogP contribution in [0.2, 0.25) is 10.0 Å². The molecule has 3 aromatic rings. The van der Waals surface area contributed by atoms with Crippen LogP contribution < -0.4 is 15.4 Å². The number of hydrogen-bond acceptors (Lipinski definition) is 5. The number of allylic oxidation sites excluding steroid dienone is 3. The SMILES string of the molecule is Cc1cc(COc2ccccc2Cl)c(C)c(C2C(C#N)=C(N)N(c3cccc(Cl)c3)C3=C2C(=O)CC(C)(C)C3)c1. The van der Waals surface area contributed by atoms with Gasteiger partial charge in [0.25, 0.3) is 0 Å². The predicted molar refractivity (Wildman–Crippen MR) is 160 cm³/mol.